The summed E-state index contributed by atoms with van der Waals surface area (Å²) in [6.45, 7) is 2.16. The van der Waals surface area contributed by atoms with Gasteiger partial charge in [-0.3, -0.25) is 10.1 Å². The number of aliphatic carboxylic acids is 1. The normalized spacial score (nSPS) is 34.6. The number of carboxylic acid groups (broad SMARTS) is 1. The van der Waals surface area contributed by atoms with Gasteiger partial charge in [-0.15, -0.1) is 0 Å². The maximum absolute atomic E-state index is 10.5. The first-order valence-corrected chi connectivity index (χ1v) is 3.26. The van der Waals surface area contributed by atoms with Crippen molar-refractivity contribution >= 4 is 5.97 Å². The maximum Gasteiger partial charge on any atom is 0.326 e. The van der Waals surface area contributed by atoms with Crippen LogP contribution in [0.15, 0.2) is 0 Å². The lowest BCUT2D eigenvalue weighted by molar-refractivity contribution is -0.154. The van der Waals surface area contributed by atoms with Gasteiger partial charge in [-0.25, -0.2) is 0 Å². The van der Waals surface area contributed by atoms with Gasteiger partial charge in [0.05, 0.1) is 6.10 Å². The molecule has 4 nitrogen and oxygen atoms in total. The fourth-order valence-electron chi connectivity index (χ4n) is 1.11. The molecule has 1 heterocycles. The first-order valence-electron chi connectivity index (χ1n) is 3.26. The van der Waals surface area contributed by atoms with Crippen LogP contribution in [-0.4, -0.2) is 34.4 Å². The van der Waals surface area contributed by atoms with Crippen molar-refractivity contribution in [2.45, 2.75) is 25.0 Å². The van der Waals surface area contributed by atoms with E-state index in [-0.39, 0.29) is 0 Å². The van der Waals surface area contributed by atoms with Crippen molar-refractivity contribution in [1.82, 2.24) is 5.32 Å². The summed E-state index contributed by atoms with van der Waals surface area (Å²) < 4.78 is 0. The van der Waals surface area contributed by atoms with Crippen molar-refractivity contribution in [2.75, 3.05) is 6.54 Å². The standard InChI is InChI=1S/C6H11NO3/c1-4(8)6(5(9)10)2-3-7-6/h4,7-8H,2-3H2,1H3,(H,9,10)/t4-,6-/m1/s1. The summed E-state index contributed by atoms with van der Waals surface area (Å²) in [5.41, 5.74) is -1.06. The number of rotatable bonds is 2. The number of carbonyl (C=O) groups is 1. The summed E-state index contributed by atoms with van der Waals surface area (Å²) in [5.74, 6) is -0.964. The molecule has 0 aromatic carbocycles. The summed E-state index contributed by atoms with van der Waals surface area (Å²) in [7, 11) is 0. The van der Waals surface area contributed by atoms with Gasteiger partial charge in [-0.05, 0) is 19.9 Å². The lowest BCUT2D eigenvalue weighted by Gasteiger charge is -2.41. The Bertz CT molecular complexity index is 151. The highest BCUT2D eigenvalue weighted by Gasteiger charge is 2.48. The first kappa shape index (κ1) is 7.50. The van der Waals surface area contributed by atoms with Crippen LogP contribution >= 0.6 is 0 Å². The van der Waals surface area contributed by atoms with Crippen LogP contribution in [0.5, 0.6) is 0 Å². The molecule has 1 rings (SSSR count). The summed E-state index contributed by atoms with van der Waals surface area (Å²) in [6, 6.07) is 0. The number of aliphatic hydroxyl groups is 1. The molecule has 0 radical (unpaired) electrons. The van der Waals surface area contributed by atoms with Crippen molar-refractivity contribution in [3.05, 3.63) is 0 Å². The lowest BCUT2D eigenvalue weighted by Crippen LogP contribution is -2.68. The Morgan fingerprint density at radius 2 is 2.30 bits per heavy atom. The Morgan fingerprint density at radius 3 is 2.30 bits per heavy atom. The fraction of sp³-hybridized carbons (Fsp3) is 0.833. The Labute approximate surface area is 58.9 Å². The zero-order chi connectivity index (χ0) is 7.78. The molecule has 3 N–H and O–H groups in total. The fourth-order valence-corrected chi connectivity index (χ4v) is 1.11. The predicted octanol–water partition coefficient (Wildman–Crippen LogP) is -0.816. The Morgan fingerprint density at radius 1 is 1.80 bits per heavy atom. The molecule has 4 heteroatoms. The van der Waals surface area contributed by atoms with E-state index in [1.807, 2.05) is 0 Å². The predicted molar refractivity (Wildman–Crippen MR) is 34.7 cm³/mol. The molecule has 0 amide bonds. The Balaban J connectivity index is 2.68. The molecule has 2 atom stereocenters. The number of carboxylic acids is 1. The van der Waals surface area contributed by atoms with Crippen LogP contribution in [0.2, 0.25) is 0 Å². The van der Waals surface area contributed by atoms with Crippen LogP contribution in [0.1, 0.15) is 13.3 Å². The minimum atomic E-state index is -1.06. The van der Waals surface area contributed by atoms with Gasteiger partial charge in [0, 0.05) is 0 Å². The average molecular weight is 145 g/mol. The highest BCUT2D eigenvalue weighted by Crippen LogP contribution is 2.22. The largest absolute Gasteiger partial charge is 0.480 e. The van der Waals surface area contributed by atoms with E-state index in [2.05, 4.69) is 5.32 Å². The molecule has 10 heavy (non-hydrogen) atoms. The van der Waals surface area contributed by atoms with Gasteiger partial charge in [0.25, 0.3) is 0 Å². The molecule has 0 bridgehead atoms. The van der Waals surface area contributed by atoms with Crippen LogP contribution in [0.3, 0.4) is 0 Å². The molecule has 1 saturated heterocycles. The summed E-state index contributed by atoms with van der Waals surface area (Å²) in [5, 5.41) is 20.4. The molecule has 1 aliphatic heterocycles. The van der Waals surface area contributed by atoms with Crippen molar-refractivity contribution in [2.24, 2.45) is 0 Å². The third-order valence-electron chi connectivity index (χ3n) is 2.05. The Hall–Kier alpha value is -0.610. The highest BCUT2D eigenvalue weighted by molar-refractivity contribution is 5.80. The van der Waals surface area contributed by atoms with Gasteiger partial charge in [0.1, 0.15) is 5.54 Å². The number of hydrogen-bond donors (Lipinski definition) is 3. The Kier molecular flexibility index (Phi) is 1.66. The minimum absolute atomic E-state index is 0.514. The SMILES string of the molecule is C[C@@H](O)[C@@]1(C(=O)O)CCN1. The van der Waals surface area contributed by atoms with Gasteiger partial charge < -0.3 is 10.2 Å². The zero-order valence-corrected chi connectivity index (χ0v) is 5.79. The quantitative estimate of drug-likeness (QED) is 0.475. The smallest absolute Gasteiger partial charge is 0.326 e. The molecular formula is C6H11NO3. The molecule has 0 aliphatic carbocycles. The van der Waals surface area contributed by atoms with E-state index in [1.54, 1.807) is 0 Å². The molecule has 1 fully saturated rings. The molecular weight excluding hydrogens is 134 g/mol. The summed E-state index contributed by atoms with van der Waals surface area (Å²) in [6.07, 6.45) is -0.307. The molecule has 0 aromatic rings. The van der Waals surface area contributed by atoms with E-state index in [0.717, 1.165) is 0 Å². The van der Waals surface area contributed by atoms with E-state index in [1.165, 1.54) is 6.92 Å². The second kappa shape index (κ2) is 2.21. The van der Waals surface area contributed by atoms with Gasteiger partial charge in [-0.1, -0.05) is 0 Å². The van der Waals surface area contributed by atoms with Crippen LogP contribution in [0.4, 0.5) is 0 Å². The monoisotopic (exact) mass is 145 g/mol. The molecule has 0 saturated carbocycles. The van der Waals surface area contributed by atoms with E-state index in [0.29, 0.717) is 13.0 Å². The number of hydrogen-bond acceptors (Lipinski definition) is 3. The van der Waals surface area contributed by atoms with E-state index in [9.17, 15) is 4.79 Å². The van der Waals surface area contributed by atoms with Gasteiger partial charge in [0.2, 0.25) is 0 Å². The van der Waals surface area contributed by atoms with Crippen molar-refractivity contribution in [3.8, 4) is 0 Å². The second-order valence-electron chi connectivity index (χ2n) is 2.63. The van der Waals surface area contributed by atoms with Crippen LogP contribution in [0.25, 0.3) is 0 Å². The maximum atomic E-state index is 10.5. The van der Waals surface area contributed by atoms with Gasteiger partial charge in [0.15, 0.2) is 0 Å². The highest BCUT2D eigenvalue weighted by atomic mass is 16.4. The molecule has 0 aromatic heterocycles. The van der Waals surface area contributed by atoms with Gasteiger partial charge in [-0.2, -0.15) is 0 Å². The van der Waals surface area contributed by atoms with Crippen LogP contribution in [0, 0.1) is 0 Å². The van der Waals surface area contributed by atoms with Crippen LogP contribution in [-0.2, 0) is 4.79 Å². The molecule has 0 spiro atoms. The molecule has 0 unspecified atom stereocenters. The number of aliphatic hydroxyl groups excluding tert-OH is 1. The van der Waals surface area contributed by atoms with Crippen molar-refractivity contribution in [3.63, 3.8) is 0 Å². The summed E-state index contributed by atoms with van der Waals surface area (Å²) in [4.78, 5) is 10.5. The third-order valence-corrected chi connectivity index (χ3v) is 2.05. The topological polar surface area (TPSA) is 69.6 Å². The van der Waals surface area contributed by atoms with Crippen molar-refractivity contribution in [1.29, 1.82) is 0 Å². The van der Waals surface area contributed by atoms with E-state index < -0.39 is 17.6 Å². The van der Waals surface area contributed by atoms with E-state index in [4.69, 9.17) is 10.2 Å². The second-order valence-corrected chi connectivity index (χ2v) is 2.63. The lowest BCUT2D eigenvalue weighted by atomic mass is 9.83. The van der Waals surface area contributed by atoms with Crippen molar-refractivity contribution < 1.29 is 15.0 Å². The molecule has 1 aliphatic rings. The molecule has 58 valence electrons. The third kappa shape index (κ3) is 0.803. The minimum Gasteiger partial charge on any atom is -0.480 e. The number of nitrogens with one attached hydrogen (secondary N) is 1. The summed E-state index contributed by atoms with van der Waals surface area (Å²) >= 11 is 0. The van der Waals surface area contributed by atoms with E-state index >= 15 is 0 Å². The van der Waals surface area contributed by atoms with Gasteiger partial charge >= 0.3 is 5.97 Å². The average Bonchev–Trinajstić information content (AvgIpc) is 1.57. The first-order chi connectivity index (χ1) is 4.59. The zero-order valence-electron chi connectivity index (χ0n) is 5.79. The van der Waals surface area contributed by atoms with Crippen LogP contribution < -0.4 is 5.32 Å².